The molecule has 0 atom stereocenters. The number of nitrogens with zero attached hydrogens (tertiary/aromatic N) is 4. The van der Waals surface area contributed by atoms with Crippen LogP contribution in [-0.2, 0) is 19.5 Å². The molecule has 0 aliphatic carbocycles. The van der Waals surface area contributed by atoms with E-state index in [-0.39, 0.29) is 28.4 Å². The van der Waals surface area contributed by atoms with Crippen LogP contribution in [0.25, 0.3) is 0 Å². The number of anilines is 4. The number of nitrogens with one attached hydrogen (secondary N) is 3. The molecule has 31 heavy (non-hydrogen) atoms. The van der Waals surface area contributed by atoms with Gasteiger partial charge in [0, 0.05) is 39.3 Å². The molecule has 16 heteroatoms. The van der Waals surface area contributed by atoms with Crippen LogP contribution >= 0.6 is 12.0 Å². The minimum atomic E-state index is -4.46. The van der Waals surface area contributed by atoms with Gasteiger partial charge in [-0.1, -0.05) is 5.04 Å². The number of nitrogen functional groups attached to an aromatic ring is 1. The molecule has 14 nitrogen and oxygen atoms in total. The molecule has 1 aromatic carbocycles. The Morgan fingerprint density at radius 2 is 1.97 bits per heavy atom. The van der Waals surface area contributed by atoms with Gasteiger partial charge >= 0.3 is 0 Å². The smallest absolute Gasteiger partial charge is 0.294 e. The van der Waals surface area contributed by atoms with Crippen molar-refractivity contribution in [3.05, 3.63) is 18.2 Å². The SMILES string of the molecule is Nc1nc(NCCN2CCNCC2)nc(Nc2cc(S(=O)(=O)O)ccc2SOOO)n1. The molecule has 170 valence electrons. The predicted octanol–water partition coefficient (Wildman–Crippen LogP) is 0.190. The second-order valence-corrected chi connectivity index (χ2v) is 8.51. The van der Waals surface area contributed by atoms with Crippen molar-refractivity contribution in [3.63, 3.8) is 0 Å². The lowest BCUT2D eigenvalue weighted by Gasteiger charge is -2.27. The molecule has 1 aliphatic heterocycles. The molecule has 0 amide bonds. The van der Waals surface area contributed by atoms with Gasteiger partial charge in [-0.25, -0.2) is 5.26 Å². The first-order chi connectivity index (χ1) is 14.8. The van der Waals surface area contributed by atoms with Gasteiger partial charge in [0.15, 0.2) is 0 Å². The van der Waals surface area contributed by atoms with Crippen LogP contribution in [0.2, 0.25) is 0 Å². The third-order valence-corrected chi connectivity index (χ3v) is 5.74. The van der Waals surface area contributed by atoms with Crippen LogP contribution in [0.15, 0.2) is 28.0 Å². The summed E-state index contributed by atoms with van der Waals surface area (Å²) in [6, 6.07) is 3.61. The largest absolute Gasteiger partial charge is 0.368 e. The molecule has 1 saturated heterocycles. The molecular formula is C15H22N8O6S2. The van der Waals surface area contributed by atoms with Gasteiger partial charge in [-0.05, 0) is 18.2 Å². The molecule has 1 aromatic heterocycles. The van der Waals surface area contributed by atoms with E-state index >= 15 is 0 Å². The molecule has 0 saturated carbocycles. The minimum absolute atomic E-state index is 0.0245. The summed E-state index contributed by atoms with van der Waals surface area (Å²) in [7, 11) is -4.46. The summed E-state index contributed by atoms with van der Waals surface area (Å²) in [6.45, 7) is 5.19. The van der Waals surface area contributed by atoms with E-state index in [1.54, 1.807) is 0 Å². The highest BCUT2D eigenvalue weighted by molar-refractivity contribution is 7.94. The average molecular weight is 475 g/mol. The number of piperazine rings is 1. The van der Waals surface area contributed by atoms with E-state index in [9.17, 15) is 13.0 Å². The first-order valence-corrected chi connectivity index (χ1v) is 11.2. The van der Waals surface area contributed by atoms with E-state index in [0.717, 1.165) is 44.9 Å². The maximum Gasteiger partial charge on any atom is 0.294 e. The molecule has 1 fully saturated rings. The highest BCUT2D eigenvalue weighted by Crippen LogP contribution is 2.32. The highest BCUT2D eigenvalue weighted by atomic mass is 32.2. The van der Waals surface area contributed by atoms with Crippen LogP contribution in [0.1, 0.15) is 0 Å². The van der Waals surface area contributed by atoms with Gasteiger partial charge in [0.05, 0.1) is 27.5 Å². The van der Waals surface area contributed by atoms with Crippen molar-refractivity contribution in [1.29, 1.82) is 0 Å². The zero-order valence-electron chi connectivity index (χ0n) is 16.2. The molecule has 0 radical (unpaired) electrons. The van der Waals surface area contributed by atoms with Gasteiger partial charge in [-0.3, -0.25) is 9.45 Å². The number of aromatic nitrogens is 3. The van der Waals surface area contributed by atoms with Gasteiger partial charge in [0.1, 0.15) is 0 Å². The first-order valence-electron chi connectivity index (χ1n) is 9.07. The average Bonchev–Trinajstić information content (AvgIpc) is 2.72. The van der Waals surface area contributed by atoms with Crippen LogP contribution in [0.5, 0.6) is 0 Å². The second kappa shape index (κ2) is 10.8. The Morgan fingerprint density at radius 3 is 2.68 bits per heavy atom. The summed E-state index contributed by atoms with van der Waals surface area (Å²) in [5.41, 5.74) is 5.91. The first kappa shape index (κ1) is 23.4. The van der Waals surface area contributed by atoms with Gasteiger partial charge in [0.2, 0.25) is 17.8 Å². The van der Waals surface area contributed by atoms with Crippen molar-refractivity contribution < 1.29 is 27.6 Å². The number of nitrogens with two attached hydrogens (primary N) is 1. The lowest BCUT2D eigenvalue weighted by atomic mass is 10.3. The lowest BCUT2D eigenvalue weighted by Crippen LogP contribution is -2.45. The molecule has 0 spiro atoms. The number of hydrogen-bond acceptors (Lipinski definition) is 14. The molecule has 2 aromatic rings. The molecule has 1 aliphatic rings. The van der Waals surface area contributed by atoms with Crippen LogP contribution < -0.4 is 21.7 Å². The molecule has 3 rings (SSSR count). The number of hydrogen-bond donors (Lipinski definition) is 6. The van der Waals surface area contributed by atoms with Gasteiger partial charge in [0.25, 0.3) is 10.1 Å². The van der Waals surface area contributed by atoms with E-state index in [4.69, 9.17) is 11.0 Å². The standard InChI is InChI=1S/C15H22N8O6S2/c16-13-20-14(18-5-8-23-6-3-17-4-7-23)22-15(21-13)19-11-9-10(31(25,26)27)1-2-12(11)30-29-28-24/h1-2,9,17,24H,3-8H2,(H,25,26,27)(H4,16,18,19,20,21,22). The maximum absolute atomic E-state index is 11.5. The molecule has 7 N–H and O–H groups in total. The summed E-state index contributed by atoms with van der Waals surface area (Å²) in [4.78, 5) is 14.5. The van der Waals surface area contributed by atoms with Gasteiger partial charge in [-0.15, -0.1) is 4.33 Å². The van der Waals surface area contributed by atoms with E-state index in [1.165, 1.54) is 6.07 Å². The Labute approximate surface area is 182 Å². The molecule has 2 heterocycles. The quantitative estimate of drug-likeness (QED) is 0.118. The lowest BCUT2D eigenvalue weighted by molar-refractivity contribution is -0.432. The Balaban J connectivity index is 1.74. The van der Waals surface area contributed by atoms with Crippen molar-refractivity contribution >= 4 is 45.7 Å². The second-order valence-electron chi connectivity index (χ2n) is 6.34. The highest BCUT2D eigenvalue weighted by Gasteiger charge is 2.16. The van der Waals surface area contributed by atoms with Crippen molar-refractivity contribution in [2.75, 3.05) is 55.6 Å². The van der Waals surface area contributed by atoms with Crippen LogP contribution in [-0.4, -0.2) is 77.3 Å². The van der Waals surface area contributed by atoms with Crippen molar-refractivity contribution in [3.8, 4) is 0 Å². The molecule has 0 bridgehead atoms. The van der Waals surface area contributed by atoms with E-state index in [2.05, 4.69) is 45.2 Å². The van der Waals surface area contributed by atoms with Crippen LogP contribution in [0.4, 0.5) is 23.5 Å². The van der Waals surface area contributed by atoms with Gasteiger partial charge < -0.3 is 21.7 Å². The van der Waals surface area contributed by atoms with Crippen molar-refractivity contribution in [2.24, 2.45) is 0 Å². The Kier molecular flexibility index (Phi) is 8.15. The summed E-state index contributed by atoms with van der Waals surface area (Å²) >= 11 is 0.584. The van der Waals surface area contributed by atoms with Crippen molar-refractivity contribution in [2.45, 2.75) is 9.79 Å². The summed E-state index contributed by atoms with van der Waals surface area (Å²) in [6.07, 6.45) is 0. The Bertz CT molecular complexity index is 989. The van der Waals surface area contributed by atoms with Crippen molar-refractivity contribution in [1.82, 2.24) is 25.2 Å². The predicted molar refractivity (Wildman–Crippen MR) is 112 cm³/mol. The molecule has 0 unspecified atom stereocenters. The van der Waals surface area contributed by atoms with Crippen LogP contribution in [0, 0.1) is 0 Å². The summed E-state index contributed by atoms with van der Waals surface area (Å²) in [5.74, 6) is 0.203. The fraction of sp³-hybridized carbons (Fsp3) is 0.400. The Morgan fingerprint density at radius 1 is 1.23 bits per heavy atom. The summed E-state index contributed by atoms with van der Waals surface area (Å²) in [5, 5.41) is 21.1. The molecular weight excluding hydrogens is 452 g/mol. The third-order valence-electron chi connectivity index (χ3n) is 4.22. The normalized spacial score (nSPS) is 15.0. The maximum atomic E-state index is 11.5. The van der Waals surface area contributed by atoms with E-state index < -0.39 is 10.1 Å². The van der Waals surface area contributed by atoms with E-state index in [0.29, 0.717) is 23.5 Å². The minimum Gasteiger partial charge on any atom is -0.368 e. The third kappa shape index (κ3) is 7.11. The zero-order chi connectivity index (χ0) is 22.3. The van der Waals surface area contributed by atoms with E-state index in [1.807, 2.05) is 0 Å². The number of benzene rings is 1. The fourth-order valence-electron chi connectivity index (χ4n) is 2.80. The summed E-state index contributed by atoms with van der Waals surface area (Å²) < 4.78 is 36.6. The fourth-order valence-corrected chi connectivity index (χ4v) is 3.73. The topological polar surface area (TPSA) is 197 Å². The Hall–Kier alpha value is -2.31. The van der Waals surface area contributed by atoms with Gasteiger partial charge in [-0.2, -0.15) is 23.4 Å². The zero-order valence-corrected chi connectivity index (χ0v) is 17.8. The van der Waals surface area contributed by atoms with Crippen LogP contribution in [0.3, 0.4) is 0 Å². The monoisotopic (exact) mass is 474 g/mol. The number of rotatable bonds is 10.